The van der Waals surface area contributed by atoms with E-state index in [9.17, 15) is 9.59 Å². The van der Waals surface area contributed by atoms with Gasteiger partial charge in [0.2, 0.25) is 5.91 Å². The van der Waals surface area contributed by atoms with Crippen LogP contribution >= 0.6 is 27.5 Å². The molecule has 0 saturated carbocycles. The number of aliphatic carboxylic acids is 1. The molecule has 0 aliphatic rings. The summed E-state index contributed by atoms with van der Waals surface area (Å²) in [6, 6.07) is 5.06. The maximum Gasteiger partial charge on any atom is 0.323 e. The molecule has 0 aromatic heterocycles. The molecule has 0 unspecified atom stereocenters. The zero-order valence-corrected chi connectivity index (χ0v) is 12.8. The van der Waals surface area contributed by atoms with Crippen molar-refractivity contribution in [2.45, 2.75) is 19.4 Å². The third kappa shape index (κ3) is 4.81. The first-order valence-electron chi connectivity index (χ1n) is 5.45. The summed E-state index contributed by atoms with van der Waals surface area (Å²) in [6.07, 6.45) is 0. The van der Waals surface area contributed by atoms with Gasteiger partial charge in [0.05, 0.1) is 17.3 Å². The van der Waals surface area contributed by atoms with Crippen LogP contribution in [0.25, 0.3) is 0 Å². The van der Waals surface area contributed by atoms with Crippen LogP contribution in [0.1, 0.15) is 13.8 Å². The highest BCUT2D eigenvalue weighted by Crippen LogP contribution is 2.25. The molecule has 0 heterocycles. The molecule has 1 aromatic carbocycles. The second-order valence-electron chi connectivity index (χ2n) is 4.46. The number of carbonyl (C=O) groups is 2. The lowest BCUT2D eigenvalue weighted by Crippen LogP contribution is -2.49. The normalized spacial score (nSPS) is 11.2. The van der Waals surface area contributed by atoms with Crippen molar-refractivity contribution in [3.63, 3.8) is 0 Å². The zero-order valence-electron chi connectivity index (χ0n) is 10.5. The Morgan fingerprint density at radius 2 is 2.05 bits per heavy atom. The maximum absolute atomic E-state index is 11.7. The van der Waals surface area contributed by atoms with Gasteiger partial charge >= 0.3 is 5.97 Å². The average Bonchev–Trinajstić information content (AvgIpc) is 2.30. The number of benzene rings is 1. The van der Waals surface area contributed by atoms with Crippen LogP contribution in [-0.4, -0.2) is 29.1 Å². The third-order valence-corrected chi connectivity index (χ3v) is 3.24. The summed E-state index contributed by atoms with van der Waals surface area (Å²) in [5, 5.41) is 14.5. The van der Waals surface area contributed by atoms with Crippen LogP contribution in [0.4, 0.5) is 5.69 Å². The van der Waals surface area contributed by atoms with Gasteiger partial charge < -0.3 is 10.4 Å². The summed E-state index contributed by atoms with van der Waals surface area (Å²) >= 11 is 9.22. The second kappa shape index (κ2) is 6.36. The number of halogens is 2. The van der Waals surface area contributed by atoms with Gasteiger partial charge in [0.1, 0.15) is 5.54 Å². The van der Waals surface area contributed by atoms with E-state index >= 15 is 0 Å². The smallest absolute Gasteiger partial charge is 0.323 e. The highest BCUT2D eigenvalue weighted by Gasteiger charge is 2.26. The lowest BCUT2D eigenvalue weighted by molar-refractivity contribution is -0.143. The molecular formula is C12H14BrClN2O3. The highest BCUT2D eigenvalue weighted by atomic mass is 79.9. The quantitative estimate of drug-likeness (QED) is 0.763. The van der Waals surface area contributed by atoms with E-state index < -0.39 is 11.5 Å². The Hall–Kier alpha value is -1.11. The lowest BCUT2D eigenvalue weighted by atomic mass is 10.1. The molecule has 0 saturated heterocycles. The molecule has 0 aliphatic heterocycles. The molecule has 7 heteroatoms. The fourth-order valence-electron chi connectivity index (χ4n) is 1.16. The van der Waals surface area contributed by atoms with Gasteiger partial charge in [-0.2, -0.15) is 0 Å². The molecule has 1 amide bonds. The number of rotatable bonds is 5. The lowest BCUT2D eigenvalue weighted by Gasteiger charge is -2.20. The molecule has 0 atom stereocenters. The summed E-state index contributed by atoms with van der Waals surface area (Å²) in [5.41, 5.74) is -0.689. The number of hydrogen-bond donors (Lipinski definition) is 3. The van der Waals surface area contributed by atoms with Crippen molar-refractivity contribution in [2.75, 3.05) is 11.9 Å². The predicted molar refractivity (Wildman–Crippen MR) is 77.5 cm³/mol. The van der Waals surface area contributed by atoms with Crippen molar-refractivity contribution in [1.29, 1.82) is 0 Å². The van der Waals surface area contributed by atoms with Crippen LogP contribution in [0.15, 0.2) is 22.7 Å². The molecule has 0 bridgehead atoms. The number of anilines is 1. The van der Waals surface area contributed by atoms with E-state index in [4.69, 9.17) is 16.7 Å². The number of carbonyl (C=O) groups excluding carboxylic acids is 1. The topological polar surface area (TPSA) is 78.4 Å². The standard InChI is InChI=1S/C12H14BrClN2O3/c1-12(2,11(18)19)15-6-10(17)16-9-4-3-7(13)5-8(9)14/h3-5,15H,6H2,1-2H3,(H,16,17)(H,18,19). The Morgan fingerprint density at radius 3 is 2.58 bits per heavy atom. The monoisotopic (exact) mass is 348 g/mol. The van der Waals surface area contributed by atoms with Gasteiger partial charge in [0, 0.05) is 4.47 Å². The van der Waals surface area contributed by atoms with E-state index in [-0.39, 0.29) is 12.5 Å². The second-order valence-corrected chi connectivity index (χ2v) is 5.78. The summed E-state index contributed by atoms with van der Waals surface area (Å²) in [6.45, 7) is 2.84. The van der Waals surface area contributed by atoms with E-state index in [2.05, 4.69) is 26.6 Å². The maximum atomic E-state index is 11.7. The van der Waals surface area contributed by atoms with Gasteiger partial charge in [0.15, 0.2) is 0 Å². The van der Waals surface area contributed by atoms with Crippen LogP contribution in [-0.2, 0) is 9.59 Å². The first kappa shape index (κ1) is 15.9. The van der Waals surface area contributed by atoms with Crippen LogP contribution < -0.4 is 10.6 Å². The van der Waals surface area contributed by atoms with Crippen LogP contribution in [0.2, 0.25) is 5.02 Å². The van der Waals surface area contributed by atoms with E-state index in [0.717, 1.165) is 4.47 Å². The van der Waals surface area contributed by atoms with Gasteiger partial charge in [-0.1, -0.05) is 27.5 Å². The van der Waals surface area contributed by atoms with E-state index in [0.29, 0.717) is 10.7 Å². The van der Waals surface area contributed by atoms with Gasteiger partial charge in [-0.3, -0.25) is 14.9 Å². The minimum absolute atomic E-state index is 0.119. The molecule has 1 rings (SSSR count). The Bertz CT molecular complexity index is 506. The van der Waals surface area contributed by atoms with Crippen molar-refractivity contribution < 1.29 is 14.7 Å². The SMILES string of the molecule is CC(C)(NCC(=O)Nc1ccc(Br)cc1Cl)C(=O)O. The van der Waals surface area contributed by atoms with Crippen molar-refractivity contribution in [1.82, 2.24) is 5.32 Å². The molecular weight excluding hydrogens is 336 g/mol. The Kier molecular flexibility index (Phi) is 5.34. The minimum Gasteiger partial charge on any atom is -0.480 e. The molecule has 0 fully saturated rings. The van der Waals surface area contributed by atoms with Crippen LogP contribution in [0.3, 0.4) is 0 Å². The Balaban J connectivity index is 2.59. The molecule has 0 radical (unpaired) electrons. The molecule has 0 aliphatic carbocycles. The van der Waals surface area contributed by atoms with Crippen LogP contribution in [0.5, 0.6) is 0 Å². The molecule has 104 valence electrons. The molecule has 0 spiro atoms. The summed E-state index contributed by atoms with van der Waals surface area (Å²) in [7, 11) is 0. The zero-order chi connectivity index (χ0) is 14.6. The van der Waals surface area contributed by atoms with Crippen molar-refractivity contribution >= 4 is 45.1 Å². The fourth-order valence-corrected chi connectivity index (χ4v) is 1.88. The molecule has 3 N–H and O–H groups in total. The molecule has 19 heavy (non-hydrogen) atoms. The van der Waals surface area contributed by atoms with Crippen molar-refractivity contribution in [3.05, 3.63) is 27.7 Å². The Morgan fingerprint density at radius 1 is 1.42 bits per heavy atom. The summed E-state index contributed by atoms with van der Waals surface area (Å²) in [4.78, 5) is 22.5. The van der Waals surface area contributed by atoms with E-state index in [1.807, 2.05) is 0 Å². The number of nitrogens with one attached hydrogen (secondary N) is 2. The Labute approximate surface area is 124 Å². The van der Waals surface area contributed by atoms with Gasteiger partial charge in [-0.15, -0.1) is 0 Å². The highest BCUT2D eigenvalue weighted by molar-refractivity contribution is 9.10. The van der Waals surface area contributed by atoms with E-state index in [1.54, 1.807) is 18.2 Å². The van der Waals surface area contributed by atoms with Crippen LogP contribution in [0, 0.1) is 0 Å². The first-order valence-corrected chi connectivity index (χ1v) is 6.63. The first-order chi connectivity index (χ1) is 8.72. The summed E-state index contributed by atoms with van der Waals surface area (Å²) in [5.74, 6) is -1.39. The number of carboxylic acid groups (broad SMARTS) is 1. The molecule has 1 aromatic rings. The van der Waals surface area contributed by atoms with Crippen molar-refractivity contribution in [2.24, 2.45) is 0 Å². The van der Waals surface area contributed by atoms with E-state index in [1.165, 1.54) is 13.8 Å². The van der Waals surface area contributed by atoms with Gasteiger partial charge in [-0.05, 0) is 32.0 Å². The third-order valence-electron chi connectivity index (χ3n) is 2.43. The van der Waals surface area contributed by atoms with Gasteiger partial charge in [0.25, 0.3) is 0 Å². The average molecular weight is 350 g/mol. The summed E-state index contributed by atoms with van der Waals surface area (Å²) < 4.78 is 0.806. The van der Waals surface area contributed by atoms with Gasteiger partial charge in [-0.25, -0.2) is 0 Å². The number of carboxylic acids is 1. The predicted octanol–water partition coefficient (Wildman–Crippen LogP) is 2.49. The number of amides is 1. The largest absolute Gasteiger partial charge is 0.480 e. The fraction of sp³-hybridized carbons (Fsp3) is 0.333. The minimum atomic E-state index is -1.17. The molecule has 5 nitrogen and oxygen atoms in total. The van der Waals surface area contributed by atoms with Crippen molar-refractivity contribution in [3.8, 4) is 0 Å². The number of hydrogen-bond acceptors (Lipinski definition) is 3.